The zero-order valence-corrected chi connectivity index (χ0v) is 19.8. The quantitative estimate of drug-likeness (QED) is 0.605. The smallest absolute Gasteiger partial charge is 0.326 e. The number of halogens is 2. The van der Waals surface area contributed by atoms with E-state index in [0.29, 0.717) is 21.2 Å². The molecule has 7 nitrogen and oxygen atoms in total. The van der Waals surface area contributed by atoms with Crippen LogP contribution in [0.2, 0.25) is 10.0 Å². The van der Waals surface area contributed by atoms with Crippen LogP contribution in [0, 0.1) is 0 Å². The van der Waals surface area contributed by atoms with Crippen LogP contribution < -0.4 is 5.32 Å². The number of esters is 2. The maximum Gasteiger partial charge on any atom is 0.326 e. The Kier molecular flexibility index (Phi) is 7.82. The van der Waals surface area contributed by atoms with Crippen LogP contribution in [0.15, 0.2) is 48.5 Å². The average molecular weight is 500 g/mol. The van der Waals surface area contributed by atoms with E-state index in [1.807, 2.05) is 0 Å². The predicted octanol–water partition coefficient (Wildman–Crippen LogP) is 3.66. The van der Waals surface area contributed by atoms with Crippen molar-refractivity contribution in [1.82, 2.24) is 5.32 Å². The van der Waals surface area contributed by atoms with Crippen LogP contribution in [0.4, 0.5) is 0 Å². The largest absolute Gasteiger partial charge is 0.465 e. The van der Waals surface area contributed by atoms with Crippen molar-refractivity contribution < 1.29 is 27.5 Å². The summed E-state index contributed by atoms with van der Waals surface area (Å²) < 4.78 is 37.7. The molecule has 0 spiro atoms. The van der Waals surface area contributed by atoms with Gasteiger partial charge in [-0.25, -0.2) is 8.42 Å². The molecule has 1 heterocycles. The van der Waals surface area contributed by atoms with Crippen molar-refractivity contribution in [3.05, 3.63) is 69.7 Å². The Morgan fingerprint density at radius 2 is 1.25 bits per heavy atom. The van der Waals surface area contributed by atoms with Gasteiger partial charge < -0.3 is 9.47 Å². The number of hydrogen-bond donors (Lipinski definition) is 1. The van der Waals surface area contributed by atoms with Crippen molar-refractivity contribution >= 4 is 45.0 Å². The molecule has 2 aromatic carbocycles. The lowest BCUT2D eigenvalue weighted by atomic mass is 9.96. The van der Waals surface area contributed by atoms with Crippen molar-refractivity contribution in [2.75, 3.05) is 13.2 Å². The number of hydrogen-bond acceptors (Lipinski definition) is 7. The third-order valence-electron chi connectivity index (χ3n) is 5.13. The van der Waals surface area contributed by atoms with Crippen molar-refractivity contribution in [3.8, 4) is 0 Å². The van der Waals surface area contributed by atoms with Crippen LogP contribution >= 0.6 is 23.2 Å². The van der Waals surface area contributed by atoms with Gasteiger partial charge in [0.15, 0.2) is 20.3 Å². The van der Waals surface area contributed by atoms with Gasteiger partial charge in [0.1, 0.15) is 0 Å². The molecule has 4 unspecified atom stereocenters. The van der Waals surface area contributed by atoms with Gasteiger partial charge in [-0.05, 0) is 49.2 Å². The number of benzene rings is 2. The summed E-state index contributed by atoms with van der Waals surface area (Å²) in [7, 11) is -4.43. The fourth-order valence-electron chi connectivity index (χ4n) is 3.84. The summed E-state index contributed by atoms with van der Waals surface area (Å²) in [4.78, 5) is 25.7. The van der Waals surface area contributed by atoms with Gasteiger partial charge in [-0.3, -0.25) is 14.9 Å². The maximum absolute atomic E-state index is 13.8. The average Bonchev–Trinajstić information content (AvgIpc) is 2.72. The fourth-order valence-corrected chi connectivity index (χ4v) is 6.45. The van der Waals surface area contributed by atoms with Crippen LogP contribution in [0.3, 0.4) is 0 Å². The number of ether oxygens (including phenoxy) is 2. The van der Waals surface area contributed by atoms with E-state index in [-0.39, 0.29) is 13.2 Å². The molecule has 0 saturated carbocycles. The van der Waals surface area contributed by atoms with Gasteiger partial charge in [0.25, 0.3) is 0 Å². The third-order valence-corrected chi connectivity index (χ3v) is 7.94. The van der Waals surface area contributed by atoms with Crippen LogP contribution in [0.5, 0.6) is 0 Å². The Morgan fingerprint density at radius 1 is 0.844 bits per heavy atom. The summed E-state index contributed by atoms with van der Waals surface area (Å²) in [5, 5.41) is 0.569. The van der Waals surface area contributed by atoms with E-state index in [2.05, 4.69) is 5.32 Å². The topological polar surface area (TPSA) is 98.8 Å². The lowest BCUT2D eigenvalue weighted by Gasteiger charge is -2.40. The molecule has 3 rings (SSSR count). The summed E-state index contributed by atoms with van der Waals surface area (Å²) in [5.41, 5.74) is 0.932. The molecule has 1 fully saturated rings. The van der Waals surface area contributed by atoms with Gasteiger partial charge in [0.05, 0.1) is 25.3 Å². The molecule has 1 N–H and O–H groups in total. The Balaban J connectivity index is 2.21. The van der Waals surface area contributed by atoms with Crippen LogP contribution in [-0.4, -0.2) is 44.1 Å². The molecule has 0 aliphatic carbocycles. The van der Waals surface area contributed by atoms with E-state index < -0.39 is 44.4 Å². The van der Waals surface area contributed by atoms with Gasteiger partial charge in [-0.2, -0.15) is 0 Å². The van der Waals surface area contributed by atoms with Crippen LogP contribution in [0.25, 0.3) is 0 Å². The Labute approximate surface area is 196 Å². The highest BCUT2D eigenvalue weighted by Gasteiger charge is 2.57. The highest BCUT2D eigenvalue weighted by Crippen LogP contribution is 2.40. The van der Waals surface area contributed by atoms with E-state index in [1.54, 1.807) is 62.4 Å². The number of sulfone groups is 1. The Bertz CT molecular complexity index is 1030. The van der Waals surface area contributed by atoms with Crippen molar-refractivity contribution in [2.45, 2.75) is 36.4 Å². The summed E-state index contributed by atoms with van der Waals surface area (Å²) in [6.45, 7) is 3.11. The highest BCUT2D eigenvalue weighted by molar-refractivity contribution is 7.94. The molecule has 1 aliphatic rings. The van der Waals surface area contributed by atoms with Gasteiger partial charge in [0.2, 0.25) is 0 Å². The van der Waals surface area contributed by atoms with E-state index in [1.165, 1.54) is 0 Å². The number of nitrogens with one attached hydrogen (secondary N) is 1. The first-order valence-corrected chi connectivity index (χ1v) is 12.4. The number of carbonyl (C=O) groups excluding carboxylic acids is 2. The second-order valence-corrected chi connectivity index (χ2v) is 10.2. The van der Waals surface area contributed by atoms with Crippen LogP contribution in [0.1, 0.15) is 37.1 Å². The highest BCUT2D eigenvalue weighted by atomic mass is 35.5. The first-order chi connectivity index (χ1) is 15.2. The summed E-state index contributed by atoms with van der Waals surface area (Å²) in [5.74, 6) is -1.91. The molecule has 0 amide bonds. The molecular formula is C22H23Cl2NO6S. The predicted molar refractivity (Wildman–Crippen MR) is 121 cm³/mol. The maximum atomic E-state index is 13.8. The van der Waals surface area contributed by atoms with Gasteiger partial charge in [-0.1, -0.05) is 47.5 Å². The molecule has 4 atom stereocenters. The molecule has 1 saturated heterocycles. The zero-order chi connectivity index (χ0) is 23.5. The van der Waals surface area contributed by atoms with Gasteiger partial charge >= 0.3 is 11.9 Å². The fraction of sp³-hybridized carbons (Fsp3) is 0.364. The summed E-state index contributed by atoms with van der Waals surface area (Å²) in [6, 6.07) is 11.0. The molecule has 10 heteroatoms. The first kappa shape index (κ1) is 24.5. The lowest BCUT2D eigenvalue weighted by Crippen LogP contribution is -2.59. The molecular weight excluding hydrogens is 477 g/mol. The second kappa shape index (κ2) is 10.2. The summed E-state index contributed by atoms with van der Waals surface area (Å²) in [6.07, 6.45) is 0. The summed E-state index contributed by atoms with van der Waals surface area (Å²) >= 11 is 12.3. The van der Waals surface area contributed by atoms with Crippen molar-refractivity contribution in [3.63, 3.8) is 0 Å². The SMILES string of the molecule is CCOC(=O)C1C(c2cccc(Cl)c2)NC(c2cccc(Cl)c2)C(C(=O)OCC)S1(=O)=O. The lowest BCUT2D eigenvalue weighted by molar-refractivity contribution is -0.144. The van der Waals surface area contributed by atoms with E-state index >= 15 is 0 Å². The minimum Gasteiger partial charge on any atom is -0.465 e. The van der Waals surface area contributed by atoms with Crippen LogP contribution in [-0.2, 0) is 28.9 Å². The second-order valence-electron chi connectivity index (χ2n) is 7.17. The zero-order valence-electron chi connectivity index (χ0n) is 17.5. The molecule has 1 aliphatic heterocycles. The van der Waals surface area contributed by atoms with E-state index in [0.717, 1.165) is 0 Å². The molecule has 32 heavy (non-hydrogen) atoms. The monoisotopic (exact) mass is 499 g/mol. The standard InChI is InChI=1S/C22H23Cl2NO6S/c1-3-30-21(26)19-17(13-7-5-9-15(23)11-13)25-18(14-8-6-10-16(24)12-14)20(32(19,28)29)22(27)31-4-2/h5-12,17-20,25H,3-4H2,1-2H3. The number of carbonyl (C=O) groups is 2. The molecule has 0 radical (unpaired) electrons. The normalized spacial score (nSPS) is 24.5. The van der Waals surface area contributed by atoms with Crippen molar-refractivity contribution in [2.24, 2.45) is 0 Å². The minimum atomic E-state index is -4.43. The third kappa shape index (κ3) is 4.93. The Hall–Kier alpha value is -2.13. The first-order valence-electron chi connectivity index (χ1n) is 10.0. The van der Waals surface area contributed by atoms with Gasteiger partial charge in [0, 0.05) is 10.0 Å². The molecule has 0 bridgehead atoms. The van der Waals surface area contributed by atoms with E-state index in [4.69, 9.17) is 32.7 Å². The van der Waals surface area contributed by atoms with E-state index in [9.17, 15) is 18.0 Å². The molecule has 0 aromatic heterocycles. The van der Waals surface area contributed by atoms with Gasteiger partial charge in [-0.15, -0.1) is 0 Å². The number of rotatable bonds is 6. The molecule has 172 valence electrons. The van der Waals surface area contributed by atoms with Crippen molar-refractivity contribution in [1.29, 1.82) is 0 Å². The Morgan fingerprint density at radius 3 is 1.59 bits per heavy atom. The molecule has 2 aromatic rings. The minimum absolute atomic E-state index is 0.0189.